The van der Waals surface area contributed by atoms with Crippen molar-refractivity contribution in [3.05, 3.63) is 66.5 Å². The van der Waals surface area contributed by atoms with Crippen LogP contribution in [0.2, 0.25) is 0 Å². The zero-order valence-electron chi connectivity index (χ0n) is 17.3. The molecule has 1 aromatic heterocycles. The first-order chi connectivity index (χ1) is 14.6. The third-order valence-electron chi connectivity index (χ3n) is 5.44. The molecule has 1 aliphatic heterocycles. The fourth-order valence-corrected chi connectivity index (χ4v) is 3.70. The van der Waals surface area contributed by atoms with Crippen LogP contribution >= 0.6 is 0 Å². The van der Waals surface area contributed by atoms with E-state index in [0.29, 0.717) is 12.5 Å². The molecular formula is C24H26N4O2. The number of aryl methyl sites for hydroxylation is 1. The van der Waals surface area contributed by atoms with E-state index in [2.05, 4.69) is 51.4 Å². The van der Waals surface area contributed by atoms with Crippen molar-refractivity contribution in [2.45, 2.75) is 19.8 Å². The van der Waals surface area contributed by atoms with Gasteiger partial charge in [0.15, 0.2) is 0 Å². The van der Waals surface area contributed by atoms with Crippen LogP contribution in [0.5, 0.6) is 5.75 Å². The number of rotatable bonds is 5. The van der Waals surface area contributed by atoms with Gasteiger partial charge in [0.05, 0.1) is 13.0 Å². The van der Waals surface area contributed by atoms with Gasteiger partial charge in [-0.1, -0.05) is 35.9 Å². The van der Waals surface area contributed by atoms with Gasteiger partial charge in [-0.25, -0.2) is 9.97 Å². The molecular weight excluding hydrogens is 376 g/mol. The Morgan fingerprint density at radius 2 is 1.87 bits per heavy atom. The number of hydrogen-bond donors (Lipinski definition) is 1. The minimum Gasteiger partial charge on any atom is -0.497 e. The van der Waals surface area contributed by atoms with Gasteiger partial charge in [0.2, 0.25) is 11.9 Å². The summed E-state index contributed by atoms with van der Waals surface area (Å²) in [4.78, 5) is 24.0. The predicted molar refractivity (Wildman–Crippen MR) is 119 cm³/mol. The molecule has 154 valence electrons. The van der Waals surface area contributed by atoms with E-state index in [1.165, 1.54) is 5.56 Å². The van der Waals surface area contributed by atoms with Gasteiger partial charge in [-0.05, 0) is 37.5 Å². The number of ether oxygens (including phenoxy) is 1. The molecule has 4 rings (SSSR count). The van der Waals surface area contributed by atoms with E-state index in [1.54, 1.807) is 7.11 Å². The Kier molecular flexibility index (Phi) is 5.93. The van der Waals surface area contributed by atoms with E-state index in [1.807, 2.05) is 36.7 Å². The highest BCUT2D eigenvalue weighted by atomic mass is 16.5. The summed E-state index contributed by atoms with van der Waals surface area (Å²) in [5.74, 6) is 1.31. The lowest BCUT2D eigenvalue weighted by Crippen LogP contribution is -2.41. The average molecular weight is 402 g/mol. The molecule has 0 unspecified atom stereocenters. The fourth-order valence-electron chi connectivity index (χ4n) is 3.70. The highest BCUT2D eigenvalue weighted by Crippen LogP contribution is 2.24. The monoisotopic (exact) mass is 402 g/mol. The van der Waals surface area contributed by atoms with Crippen LogP contribution in [0, 0.1) is 12.8 Å². The smallest absolute Gasteiger partial charge is 0.229 e. The van der Waals surface area contributed by atoms with Crippen molar-refractivity contribution in [2.75, 3.05) is 30.4 Å². The van der Waals surface area contributed by atoms with Crippen LogP contribution in [0.4, 0.5) is 11.6 Å². The van der Waals surface area contributed by atoms with Gasteiger partial charge in [0, 0.05) is 42.8 Å². The zero-order valence-corrected chi connectivity index (χ0v) is 17.3. The molecule has 1 amide bonds. The van der Waals surface area contributed by atoms with E-state index in [4.69, 9.17) is 4.74 Å². The van der Waals surface area contributed by atoms with Crippen LogP contribution in [0.15, 0.2) is 60.9 Å². The molecule has 2 heterocycles. The Balaban J connectivity index is 1.41. The van der Waals surface area contributed by atoms with Crippen molar-refractivity contribution in [1.82, 2.24) is 9.97 Å². The highest BCUT2D eigenvalue weighted by Gasteiger charge is 2.27. The van der Waals surface area contributed by atoms with Gasteiger partial charge in [0.1, 0.15) is 5.75 Å². The number of amides is 1. The standard InChI is InChI=1S/C24H26N4O2/c1-17-8-10-18(11-9-17)20-14-25-24(26-15-20)28-12-4-5-19(16-28)23(29)27-21-6-3-7-22(13-21)30-2/h3,6-11,13-15,19H,4-5,12,16H2,1-2H3,(H,27,29)/t19-/m1/s1. The number of benzene rings is 2. The number of piperidine rings is 1. The molecule has 6 nitrogen and oxygen atoms in total. The molecule has 1 N–H and O–H groups in total. The van der Waals surface area contributed by atoms with Crippen LogP contribution in [-0.4, -0.2) is 36.1 Å². The van der Waals surface area contributed by atoms with Gasteiger partial charge in [-0.15, -0.1) is 0 Å². The molecule has 30 heavy (non-hydrogen) atoms. The molecule has 6 heteroatoms. The minimum atomic E-state index is -0.106. The second-order valence-corrected chi connectivity index (χ2v) is 7.64. The summed E-state index contributed by atoms with van der Waals surface area (Å²) in [6, 6.07) is 15.7. The van der Waals surface area contributed by atoms with E-state index >= 15 is 0 Å². The number of methoxy groups -OCH3 is 1. The van der Waals surface area contributed by atoms with Crippen molar-refractivity contribution >= 4 is 17.5 Å². The van der Waals surface area contributed by atoms with Gasteiger partial charge in [0.25, 0.3) is 0 Å². The molecule has 2 aromatic carbocycles. The number of carbonyl (C=O) groups excluding carboxylic acids is 1. The first-order valence-corrected chi connectivity index (χ1v) is 10.2. The Hall–Kier alpha value is -3.41. The first kappa shape index (κ1) is 19.9. The van der Waals surface area contributed by atoms with Crippen molar-refractivity contribution in [2.24, 2.45) is 5.92 Å². The largest absolute Gasteiger partial charge is 0.497 e. The number of hydrogen-bond acceptors (Lipinski definition) is 5. The number of aromatic nitrogens is 2. The third kappa shape index (κ3) is 4.59. The lowest BCUT2D eigenvalue weighted by Gasteiger charge is -2.32. The molecule has 1 aliphatic rings. The average Bonchev–Trinajstić information content (AvgIpc) is 2.80. The maximum Gasteiger partial charge on any atom is 0.229 e. The molecule has 0 aliphatic carbocycles. The van der Waals surface area contributed by atoms with E-state index < -0.39 is 0 Å². The molecule has 0 saturated carbocycles. The van der Waals surface area contributed by atoms with Gasteiger partial charge in [-0.3, -0.25) is 4.79 Å². The van der Waals surface area contributed by atoms with Gasteiger partial charge in [-0.2, -0.15) is 0 Å². The Morgan fingerprint density at radius 3 is 2.60 bits per heavy atom. The van der Waals surface area contributed by atoms with Crippen LogP contribution < -0.4 is 15.0 Å². The maximum absolute atomic E-state index is 12.8. The van der Waals surface area contributed by atoms with Crippen molar-refractivity contribution in [1.29, 1.82) is 0 Å². The molecule has 1 fully saturated rings. The summed E-state index contributed by atoms with van der Waals surface area (Å²) in [5, 5.41) is 3.01. The van der Waals surface area contributed by atoms with E-state index in [9.17, 15) is 4.79 Å². The molecule has 0 spiro atoms. The fraction of sp³-hybridized carbons (Fsp3) is 0.292. The summed E-state index contributed by atoms with van der Waals surface area (Å²) >= 11 is 0. The van der Waals surface area contributed by atoms with Crippen LogP contribution in [-0.2, 0) is 4.79 Å². The lowest BCUT2D eigenvalue weighted by atomic mass is 9.97. The SMILES string of the molecule is COc1cccc(NC(=O)[C@@H]2CCCN(c3ncc(-c4ccc(C)cc4)cn3)C2)c1. The number of carbonyl (C=O) groups is 1. The van der Waals surface area contributed by atoms with Crippen molar-refractivity contribution < 1.29 is 9.53 Å². The maximum atomic E-state index is 12.8. The van der Waals surface area contributed by atoms with Gasteiger partial charge < -0.3 is 15.0 Å². The van der Waals surface area contributed by atoms with E-state index in [0.717, 1.165) is 42.0 Å². The summed E-state index contributed by atoms with van der Waals surface area (Å²) in [6.07, 6.45) is 5.49. The first-order valence-electron chi connectivity index (χ1n) is 10.2. The predicted octanol–water partition coefficient (Wildman–Crippen LogP) is 4.32. The third-order valence-corrected chi connectivity index (χ3v) is 5.44. The summed E-state index contributed by atoms with van der Waals surface area (Å²) in [7, 11) is 1.62. The van der Waals surface area contributed by atoms with Crippen LogP contribution in [0.1, 0.15) is 18.4 Å². The Bertz CT molecular complexity index is 1000. The van der Waals surface area contributed by atoms with Crippen LogP contribution in [0.3, 0.4) is 0 Å². The molecule has 3 aromatic rings. The van der Waals surface area contributed by atoms with Crippen molar-refractivity contribution in [3.63, 3.8) is 0 Å². The molecule has 1 saturated heterocycles. The number of nitrogens with one attached hydrogen (secondary N) is 1. The second-order valence-electron chi connectivity index (χ2n) is 7.64. The second kappa shape index (κ2) is 8.95. The number of nitrogens with zero attached hydrogens (tertiary/aromatic N) is 3. The minimum absolute atomic E-state index is 0.0178. The summed E-state index contributed by atoms with van der Waals surface area (Å²) in [5.41, 5.74) is 4.06. The van der Waals surface area contributed by atoms with Crippen molar-refractivity contribution in [3.8, 4) is 16.9 Å². The molecule has 0 radical (unpaired) electrons. The Labute approximate surface area is 176 Å². The number of anilines is 2. The zero-order chi connectivity index (χ0) is 20.9. The quantitative estimate of drug-likeness (QED) is 0.689. The summed E-state index contributed by atoms with van der Waals surface area (Å²) in [6.45, 7) is 3.53. The van der Waals surface area contributed by atoms with E-state index in [-0.39, 0.29) is 11.8 Å². The summed E-state index contributed by atoms with van der Waals surface area (Å²) < 4.78 is 5.23. The normalized spacial score (nSPS) is 16.2. The highest BCUT2D eigenvalue weighted by molar-refractivity contribution is 5.93. The van der Waals surface area contributed by atoms with Gasteiger partial charge >= 0.3 is 0 Å². The molecule has 1 atom stereocenters. The van der Waals surface area contributed by atoms with Crippen LogP contribution in [0.25, 0.3) is 11.1 Å². The Morgan fingerprint density at radius 1 is 1.10 bits per heavy atom. The molecule has 0 bridgehead atoms. The topological polar surface area (TPSA) is 67.3 Å². The lowest BCUT2D eigenvalue weighted by molar-refractivity contribution is -0.120.